The smallest absolute Gasteiger partial charge is 0.245 e. The normalized spacial score (nSPS) is 11.9. The first-order valence-electron chi connectivity index (χ1n) is 11.0. The SMILES string of the molecule is O=C(CC(Cc1ccc2ccccc2c1)n1cc(CCC(=O)Nc2ccc(F)c(F)c2)nn1)NO. The van der Waals surface area contributed by atoms with Gasteiger partial charge in [0.15, 0.2) is 11.6 Å². The Labute approximate surface area is 199 Å². The van der Waals surface area contributed by atoms with Gasteiger partial charge in [0.25, 0.3) is 0 Å². The second kappa shape index (κ2) is 10.8. The van der Waals surface area contributed by atoms with Gasteiger partial charge in [-0.2, -0.15) is 0 Å². The third kappa shape index (κ3) is 6.24. The molecule has 180 valence electrons. The second-order valence-corrected chi connectivity index (χ2v) is 8.15. The molecule has 0 saturated carbocycles. The van der Waals surface area contributed by atoms with E-state index < -0.39 is 29.5 Å². The Kier molecular flexibility index (Phi) is 7.41. The van der Waals surface area contributed by atoms with Crippen LogP contribution in [0.1, 0.15) is 30.1 Å². The number of anilines is 1. The molecule has 1 unspecified atom stereocenters. The molecule has 0 spiro atoms. The van der Waals surface area contributed by atoms with Gasteiger partial charge in [-0.3, -0.25) is 14.8 Å². The number of rotatable bonds is 9. The number of fused-ring (bicyclic) bond motifs is 1. The topological polar surface area (TPSA) is 109 Å². The highest BCUT2D eigenvalue weighted by Crippen LogP contribution is 2.22. The van der Waals surface area contributed by atoms with Crippen molar-refractivity contribution in [3.8, 4) is 0 Å². The minimum absolute atomic E-state index is 0.0251. The lowest BCUT2D eigenvalue weighted by atomic mass is 10.00. The number of carbonyl (C=O) groups excluding carboxylic acids is 2. The van der Waals surface area contributed by atoms with Crippen LogP contribution in [0.4, 0.5) is 14.5 Å². The average Bonchev–Trinajstić information content (AvgIpc) is 3.33. The zero-order chi connectivity index (χ0) is 24.8. The zero-order valence-corrected chi connectivity index (χ0v) is 18.6. The molecule has 1 aromatic heterocycles. The van der Waals surface area contributed by atoms with E-state index in [1.54, 1.807) is 16.4 Å². The van der Waals surface area contributed by atoms with Gasteiger partial charge in [-0.1, -0.05) is 47.7 Å². The maximum Gasteiger partial charge on any atom is 0.245 e. The number of hydroxylamine groups is 1. The number of hydrogen-bond donors (Lipinski definition) is 3. The van der Waals surface area contributed by atoms with Crippen LogP contribution in [-0.2, 0) is 22.4 Å². The second-order valence-electron chi connectivity index (χ2n) is 8.15. The van der Waals surface area contributed by atoms with E-state index in [1.807, 2.05) is 42.5 Å². The number of benzene rings is 3. The van der Waals surface area contributed by atoms with E-state index in [9.17, 15) is 18.4 Å². The van der Waals surface area contributed by atoms with Gasteiger partial charge in [0.1, 0.15) is 0 Å². The molecule has 1 heterocycles. The number of aromatic nitrogens is 3. The van der Waals surface area contributed by atoms with Crippen molar-refractivity contribution in [2.45, 2.75) is 31.7 Å². The first kappa shape index (κ1) is 24.0. The maximum atomic E-state index is 13.3. The van der Waals surface area contributed by atoms with Crippen molar-refractivity contribution in [3.05, 3.63) is 89.8 Å². The van der Waals surface area contributed by atoms with E-state index in [0.717, 1.165) is 28.5 Å². The Bertz CT molecular complexity index is 1360. The molecule has 0 fully saturated rings. The number of hydrogen-bond acceptors (Lipinski definition) is 5. The third-order valence-electron chi connectivity index (χ3n) is 5.57. The van der Waals surface area contributed by atoms with E-state index in [0.29, 0.717) is 12.1 Å². The van der Waals surface area contributed by atoms with Gasteiger partial charge in [0, 0.05) is 30.8 Å². The summed E-state index contributed by atoms with van der Waals surface area (Å²) in [5.41, 5.74) is 3.32. The summed E-state index contributed by atoms with van der Waals surface area (Å²) in [6, 6.07) is 16.7. The molecule has 4 aromatic rings. The molecular weight excluding hydrogens is 456 g/mol. The summed E-state index contributed by atoms with van der Waals surface area (Å²) in [5, 5.41) is 21.9. The first-order chi connectivity index (χ1) is 16.9. The van der Waals surface area contributed by atoms with E-state index in [2.05, 4.69) is 15.6 Å². The van der Waals surface area contributed by atoms with Crippen molar-refractivity contribution in [1.82, 2.24) is 20.5 Å². The molecule has 4 rings (SSSR count). The summed E-state index contributed by atoms with van der Waals surface area (Å²) < 4.78 is 27.9. The molecule has 3 aromatic carbocycles. The molecular formula is C25H23F2N5O3. The number of carbonyl (C=O) groups is 2. The molecule has 1 atom stereocenters. The lowest BCUT2D eigenvalue weighted by Crippen LogP contribution is -2.25. The van der Waals surface area contributed by atoms with Crippen molar-refractivity contribution in [2.75, 3.05) is 5.32 Å². The molecule has 0 aliphatic carbocycles. The molecule has 8 nitrogen and oxygen atoms in total. The molecule has 2 amide bonds. The number of nitrogens with zero attached hydrogens (tertiary/aromatic N) is 3. The highest BCUT2D eigenvalue weighted by atomic mass is 19.2. The van der Waals surface area contributed by atoms with Crippen LogP contribution in [-0.4, -0.2) is 32.0 Å². The Morgan fingerprint density at radius 1 is 0.971 bits per heavy atom. The fraction of sp³-hybridized carbons (Fsp3) is 0.200. The summed E-state index contributed by atoms with van der Waals surface area (Å²) in [6.45, 7) is 0. The van der Waals surface area contributed by atoms with Crippen molar-refractivity contribution >= 4 is 28.3 Å². The van der Waals surface area contributed by atoms with Crippen LogP contribution < -0.4 is 10.8 Å². The summed E-state index contributed by atoms with van der Waals surface area (Å²) in [5.74, 6) is -2.99. The zero-order valence-electron chi connectivity index (χ0n) is 18.6. The van der Waals surface area contributed by atoms with Gasteiger partial charge in [-0.05, 0) is 34.9 Å². The standard InChI is InChI=1S/C25H23F2N5O3/c26-22-9-7-19(13-23(22)27)28-24(33)10-8-20-15-32(31-29-20)21(14-25(34)30-35)12-16-5-6-17-3-1-2-4-18(17)11-16/h1-7,9,11,13,15,21,35H,8,10,12,14H2,(H,28,33)(H,30,34). The molecule has 10 heteroatoms. The molecule has 35 heavy (non-hydrogen) atoms. The number of aryl methyl sites for hydroxylation is 1. The van der Waals surface area contributed by atoms with Crippen molar-refractivity contribution in [2.24, 2.45) is 0 Å². The van der Waals surface area contributed by atoms with Crippen LogP contribution in [0, 0.1) is 11.6 Å². The molecule has 3 N–H and O–H groups in total. The average molecular weight is 479 g/mol. The van der Waals surface area contributed by atoms with Crippen molar-refractivity contribution in [1.29, 1.82) is 0 Å². The van der Waals surface area contributed by atoms with Crippen LogP contribution in [0.15, 0.2) is 66.9 Å². The Balaban J connectivity index is 1.42. The third-order valence-corrected chi connectivity index (χ3v) is 5.57. The largest absolute Gasteiger partial charge is 0.326 e. The van der Waals surface area contributed by atoms with Gasteiger partial charge in [0.05, 0.1) is 18.2 Å². The summed E-state index contributed by atoms with van der Waals surface area (Å²) in [4.78, 5) is 24.1. The van der Waals surface area contributed by atoms with E-state index in [-0.39, 0.29) is 24.9 Å². The van der Waals surface area contributed by atoms with E-state index >= 15 is 0 Å². The molecule has 0 radical (unpaired) electrons. The lowest BCUT2D eigenvalue weighted by Gasteiger charge is -2.16. The minimum atomic E-state index is -1.05. The quantitative estimate of drug-likeness (QED) is 0.249. The van der Waals surface area contributed by atoms with E-state index in [4.69, 9.17) is 5.21 Å². The van der Waals surface area contributed by atoms with Crippen LogP contribution in [0.25, 0.3) is 10.8 Å². The van der Waals surface area contributed by atoms with Crippen LogP contribution in [0.5, 0.6) is 0 Å². The predicted molar refractivity (Wildman–Crippen MR) is 125 cm³/mol. The Hall–Kier alpha value is -4.18. The Morgan fingerprint density at radius 3 is 2.54 bits per heavy atom. The first-order valence-corrected chi connectivity index (χ1v) is 11.0. The molecule has 0 aliphatic heterocycles. The lowest BCUT2D eigenvalue weighted by molar-refractivity contribution is -0.130. The van der Waals surface area contributed by atoms with Crippen LogP contribution >= 0.6 is 0 Å². The van der Waals surface area contributed by atoms with E-state index in [1.165, 1.54) is 6.07 Å². The van der Waals surface area contributed by atoms with Crippen LogP contribution in [0.2, 0.25) is 0 Å². The van der Waals surface area contributed by atoms with Crippen LogP contribution in [0.3, 0.4) is 0 Å². The van der Waals surface area contributed by atoms with Gasteiger partial charge in [-0.15, -0.1) is 5.10 Å². The summed E-state index contributed by atoms with van der Waals surface area (Å²) in [6.07, 6.45) is 2.40. The van der Waals surface area contributed by atoms with Gasteiger partial charge in [-0.25, -0.2) is 18.9 Å². The van der Waals surface area contributed by atoms with Gasteiger partial charge < -0.3 is 5.32 Å². The number of nitrogens with one attached hydrogen (secondary N) is 2. The number of amides is 2. The summed E-state index contributed by atoms with van der Waals surface area (Å²) in [7, 11) is 0. The van der Waals surface area contributed by atoms with Gasteiger partial charge in [0.2, 0.25) is 11.8 Å². The fourth-order valence-electron chi connectivity index (χ4n) is 3.80. The van der Waals surface area contributed by atoms with Crippen molar-refractivity contribution in [3.63, 3.8) is 0 Å². The molecule has 0 bridgehead atoms. The van der Waals surface area contributed by atoms with Crippen molar-refractivity contribution < 1.29 is 23.6 Å². The van der Waals surface area contributed by atoms with Gasteiger partial charge >= 0.3 is 0 Å². The minimum Gasteiger partial charge on any atom is -0.326 e. The highest BCUT2D eigenvalue weighted by Gasteiger charge is 2.19. The summed E-state index contributed by atoms with van der Waals surface area (Å²) >= 11 is 0. The molecule has 0 saturated heterocycles. The highest BCUT2D eigenvalue weighted by molar-refractivity contribution is 5.90. The Morgan fingerprint density at radius 2 is 1.77 bits per heavy atom. The monoisotopic (exact) mass is 479 g/mol. The molecule has 0 aliphatic rings. The number of halogens is 2. The maximum absolute atomic E-state index is 13.3. The predicted octanol–water partition coefficient (Wildman–Crippen LogP) is 3.96. The fourth-order valence-corrected chi connectivity index (χ4v) is 3.80.